The van der Waals surface area contributed by atoms with E-state index in [4.69, 9.17) is 0 Å². The predicted molar refractivity (Wildman–Crippen MR) is 82.6 cm³/mol. The number of halogens is 1. The van der Waals surface area contributed by atoms with Crippen molar-refractivity contribution in [3.05, 3.63) is 40.5 Å². The molecule has 5 heteroatoms. The van der Waals surface area contributed by atoms with E-state index in [1.165, 1.54) is 0 Å². The Morgan fingerprint density at radius 2 is 2.10 bits per heavy atom. The summed E-state index contributed by atoms with van der Waals surface area (Å²) < 4.78 is 0.990. The molecule has 1 aromatic carbocycles. The number of rotatable bonds is 4. The van der Waals surface area contributed by atoms with Gasteiger partial charge in [-0.2, -0.15) is 0 Å². The van der Waals surface area contributed by atoms with Crippen LogP contribution in [0.2, 0.25) is 0 Å². The number of hydrogen-bond acceptors (Lipinski definition) is 3. The zero-order chi connectivity index (χ0) is 14.9. The molecule has 0 aliphatic rings. The number of carboxylic acids is 1. The molecule has 1 heterocycles. The molecule has 0 saturated heterocycles. The summed E-state index contributed by atoms with van der Waals surface area (Å²) in [6.07, 6.45) is 1.75. The third-order valence-corrected chi connectivity index (χ3v) is 4.38. The van der Waals surface area contributed by atoms with Crippen LogP contribution in [-0.2, 0) is 11.3 Å². The number of benzene rings is 1. The van der Waals surface area contributed by atoms with Gasteiger partial charge in [0.2, 0.25) is 0 Å². The van der Waals surface area contributed by atoms with E-state index in [1.54, 1.807) is 20.0 Å². The lowest BCUT2D eigenvalue weighted by Gasteiger charge is -2.31. The van der Waals surface area contributed by atoms with Crippen LogP contribution in [0.4, 0.5) is 0 Å². The summed E-state index contributed by atoms with van der Waals surface area (Å²) in [6, 6.07) is 7.84. The maximum absolute atomic E-state index is 11.3. The highest BCUT2D eigenvalue weighted by Gasteiger charge is 2.32. The third-order valence-electron chi connectivity index (χ3n) is 3.69. The van der Waals surface area contributed by atoms with E-state index in [0.717, 1.165) is 20.9 Å². The first-order valence-electron chi connectivity index (χ1n) is 6.31. The summed E-state index contributed by atoms with van der Waals surface area (Å²) in [5.74, 6) is -0.839. The molecule has 4 nitrogen and oxygen atoms in total. The van der Waals surface area contributed by atoms with Crippen LogP contribution in [0.25, 0.3) is 10.9 Å². The number of fused-ring (bicyclic) bond motifs is 1. The highest BCUT2D eigenvalue weighted by molar-refractivity contribution is 9.10. The Hall–Kier alpha value is -1.46. The highest BCUT2D eigenvalue weighted by Crippen LogP contribution is 2.27. The minimum Gasteiger partial charge on any atom is -0.480 e. The second-order valence-corrected chi connectivity index (χ2v) is 6.18. The fourth-order valence-electron chi connectivity index (χ4n) is 1.94. The Labute approximate surface area is 126 Å². The molecule has 0 radical (unpaired) electrons. The molecule has 0 fully saturated rings. The van der Waals surface area contributed by atoms with Crippen LogP contribution in [0.3, 0.4) is 0 Å². The lowest BCUT2D eigenvalue weighted by Crippen LogP contribution is -2.47. The lowest BCUT2D eigenvalue weighted by molar-refractivity contribution is -0.148. The molecule has 0 aliphatic carbocycles. The van der Waals surface area contributed by atoms with E-state index in [0.29, 0.717) is 6.54 Å². The summed E-state index contributed by atoms with van der Waals surface area (Å²) in [5, 5.41) is 10.3. The zero-order valence-corrected chi connectivity index (χ0v) is 13.3. The van der Waals surface area contributed by atoms with Gasteiger partial charge in [0.1, 0.15) is 5.54 Å². The molecule has 20 heavy (non-hydrogen) atoms. The van der Waals surface area contributed by atoms with Crippen molar-refractivity contribution in [3.63, 3.8) is 0 Å². The largest absolute Gasteiger partial charge is 0.480 e. The molecular weight excluding hydrogens is 320 g/mol. The van der Waals surface area contributed by atoms with Crippen LogP contribution in [0.1, 0.15) is 19.4 Å². The smallest absolute Gasteiger partial charge is 0.323 e. The molecule has 1 aromatic heterocycles. The predicted octanol–water partition coefficient (Wildman–Crippen LogP) is 3.29. The van der Waals surface area contributed by atoms with Gasteiger partial charge in [0.25, 0.3) is 0 Å². The second-order valence-electron chi connectivity index (χ2n) is 5.33. The van der Waals surface area contributed by atoms with Gasteiger partial charge >= 0.3 is 5.97 Å². The first-order chi connectivity index (χ1) is 9.34. The van der Waals surface area contributed by atoms with E-state index in [-0.39, 0.29) is 0 Å². The van der Waals surface area contributed by atoms with Gasteiger partial charge < -0.3 is 5.11 Å². The molecular formula is C15H17BrN2O2. The third kappa shape index (κ3) is 2.69. The number of aromatic nitrogens is 1. The Balaban J connectivity index is 2.40. The Morgan fingerprint density at radius 3 is 2.75 bits per heavy atom. The van der Waals surface area contributed by atoms with Gasteiger partial charge in [-0.25, -0.2) is 0 Å². The first kappa shape index (κ1) is 14.9. The highest BCUT2D eigenvalue weighted by atomic mass is 79.9. The molecule has 2 rings (SSSR count). The van der Waals surface area contributed by atoms with Gasteiger partial charge in [0.05, 0.1) is 5.52 Å². The number of hydrogen-bond donors (Lipinski definition) is 1. The Kier molecular flexibility index (Phi) is 4.11. The van der Waals surface area contributed by atoms with Gasteiger partial charge in [0, 0.05) is 22.6 Å². The maximum Gasteiger partial charge on any atom is 0.323 e. The van der Waals surface area contributed by atoms with Crippen LogP contribution in [0.5, 0.6) is 0 Å². The van der Waals surface area contributed by atoms with E-state index in [2.05, 4.69) is 20.9 Å². The van der Waals surface area contributed by atoms with Gasteiger partial charge in [0.15, 0.2) is 0 Å². The van der Waals surface area contributed by atoms with Crippen molar-refractivity contribution in [2.24, 2.45) is 0 Å². The van der Waals surface area contributed by atoms with E-state index in [1.807, 2.05) is 36.2 Å². The topological polar surface area (TPSA) is 53.4 Å². The van der Waals surface area contributed by atoms with Crippen LogP contribution in [-0.4, -0.2) is 33.5 Å². The standard InChI is InChI=1S/C15H17BrN2O2/c1-15(2,14(19)20)18(3)9-10-6-7-12(16)11-5-4-8-17-13(10)11/h4-8H,9H2,1-3H3,(H,19,20). The summed E-state index contributed by atoms with van der Waals surface area (Å²) in [7, 11) is 1.81. The molecule has 0 amide bonds. The SMILES string of the molecule is CN(Cc1ccc(Br)c2cccnc12)C(C)(C)C(=O)O. The quantitative estimate of drug-likeness (QED) is 0.930. The van der Waals surface area contributed by atoms with Crippen molar-refractivity contribution in [2.45, 2.75) is 25.9 Å². The number of likely N-dealkylation sites (N-methyl/N-ethyl adjacent to an activating group) is 1. The summed E-state index contributed by atoms with van der Waals surface area (Å²) in [5.41, 5.74) is 0.990. The monoisotopic (exact) mass is 336 g/mol. The van der Waals surface area contributed by atoms with Crippen molar-refractivity contribution in [1.29, 1.82) is 0 Å². The van der Waals surface area contributed by atoms with E-state index >= 15 is 0 Å². The fraction of sp³-hybridized carbons (Fsp3) is 0.333. The molecule has 0 atom stereocenters. The molecule has 106 valence electrons. The van der Waals surface area contributed by atoms with Crippen molar-refractivity contribution < 1.29 is 9.90 Å². The van der Waals surface area contributed by atoms with Crippen molar-refractivity contribution >= 4 is 32.8 Å². The van der Waals surface area contributed by atoms with Gasteiger partial charge in [-0.05, 0) is 38.6 Å². The average Bonchev–Trinajstić information content (AvgIpc) is 2.42. The number of carbonyl (C=O) groups is 1. The normalized spacial score (nSPS) is 12.1. The number of nitrogens with zero attached hydrogens (tertiary/aromatic N) is 2. The van der Waals surface area contributed by atoms with Crippen LogP contribution in [0.15, 0.2) is 34.9 Å². The molecule has 0 bridgehead atoms. The molecule has 2 aromatic rings. The van der Waals surface area contributed by atoms with Crippen LogP contribution < -0.4 is 0 Å². The molecule has 0 unspecified atom stereocenters. The molecule has 0 saturated carbocycles. The zero-order valence-electron chi connectivity index (χ0n) is 11.7. The number of pyridine rings is 1. The lowest BCUT2D eigenvalue weighted by atomic mass is 10.0. The molecule has 1 N–H and O–H groups in total. The summed E-state index contributed by atoms with van der Waals surface area (Å²) in [4.78, 5) is 17.5. The summed E-state index contributed by atoms with van der Waals surface area (Å²) >= 11 is 3.51. The van der Waals surface area contributed by atoms with Crippen molar-refractivity contribution in [3.8, 4) is 0 Å². The Bertz CT molecular complexity index is 655. The minimum atomic E-state index is -0.922. The first-order valence-corrected chi connectivity index (χ1v) is 7.10. The van der Waals surface area contributed by atoms with E-state index < -0.39 is 11.5 Å². The number of carboxylic acid groups (broad SMARTS) is 1. The molecule has 0 spiro atoms. The Morgan fingerprint density at radius 1 is 1.40 bits per heavy atom. The van der Waals surface area contributed by atoms with Gasteiger partial charge in [-0.15, -0.1) is 0 Å². The van der Waals surface area contributed by atoms with E-state index in [9.17, 15) is 9.90 Å². The van der Waals surface area contributed by atoms with Crippen molar-refractivity contribution in [1.82, 2.24) is 9.88 Å². The van der Waals surface area contributed by atoms with Crippen LogP contribution >= 0.6 is 15.9 Å². The average molecular weight is 337 g/mol. The van der Waals surface area contributed by atoms with Crippen molar-refractivity contribution in [2.75, 3.05) is 7.05 Å². The van der Waals surface area contributed by atoms with Gasteiger partial charge in [-0.1, -0.05) is 28.1 Å². The summed E-state index contributed by atoms with van der Waals surface area (Å²) in [6.45, 7) is 3.92. The maximum atomic E-state index is 11.3. The molecule has 0 aliphatic heterocycles. The second kappa shape index (κ2) is 5.50. The number of aliphatic carboxylic acids is 1. The minimum absolute atomic E-state index is 0.528. The van der Waals surface area contributed by atoms with Gasteiger partial charge in [-0.3, -0.25) is 14.7 Å². The van der Waals surface area contributed by atoms with Crippen LogP contribution in [0, 0.1) is 0 Å². The fourth-order valence-corrected chi connectivity index (χ4v) is 2.39.